The van der Waals surface area contributed by atoms with Crippen LogP contribution < -0.4 is 9.47 Å². The van der Waals surface area contributed by atoms with Gasteiger partial charge in [0, 0.05) is 0 Å². The van der Waals surface area contributed by atoms with Crippen LogP contribution in [0.2, 0.25) is 0 Å². The van der Waals surface area contributed by atoms with Crippen molar-refractivity contribution in [2.45, 2.75) is 66.7 Å². The zero-order valence-corrected chi connectivity index (χ0v) is 21.7. The van der Waals surface area contributed by atoms with Crippen molar-refractivity contribution in [3.63, 3.8) is 0 Å². The van der Waals surface area contributed by atoms with Gasteiger partial charge in [0.25, 0.3) is 0 Å². The number of rotatable bonds is 12. The Morgan fingerprint density at radius 2 is 1.58 bits per heavy atom. The Hall–Kier alpha value is -1.81. The number of ketones is 1. The molecule has 0 aliphatic carbocycles. The van der Waals surface area contributed by atoms with Gasteiger partial charge < -0.3 is 18.8 Å². The molecule has 0 radical (unpaired) electrons. The Morgan fingerprint density at radius 3 is 2.03 bits per heavy atom. The minimum atomic E-state index is -0.876. The predicted molar refractivity (Wildman–Crippen MR) is 127 cm³/mol. The van der Waals surface area contributed by atoms with Crippen LogP contribution in [0.15, 0.2) is 18.2 Å². The summed E-state index contributed by atoms with van der Waals surface area (Å²) >= 11 is 0. The monoisotopic (exact) mass is 456 g/mol. The molecule has 0 saturated heterocycles. The third-order valence-electron chi connectivity index (χ3n) is 4.87. The fourth-order valence-electron chi connectivity index (χ4n) is 3.74. The number of benzene rings is 1. The minimum Gasteiger partial charge on any atom is -0.496 e. The molecule has 3 atom stereocenters. The maximum atomic E-state index is 13.5. The molecule has 0 aromatic heterocycles. The number of methoxy groups -OCH3 is 2. The summed E-state index contributed by atoms with van der Waals surface area (Å²) in [6.07, 6.45) is 4.18. The lowest BCUT2D eigenvalue weighted by molar-refractivity contribution is -0.147. The molecule has 1 rings (SSSR count). The van der Waals surface area contributed by atoms with E-state index in [4.69, 9.17) is 18.8 Å². The van der Waals surface area contributed by atoms with Gasteiger partial charge in [-0.2, -0.15) is 0 Å². The molecule has 1 aromatic carbocycles. The van der Waals surface area contributed by atoms with E-state index in [1.807, 2.05) is 0 Å². The van der Waals surface area contributed by atoms with Gasteiger partial charge in [-0.05, 0) is 42.7 Å². The summed E-state index contributed by atoms with van der Waals surface area (Å²) in [6.45, 7) is 11.0. The predicted octanol–water partition coefficient (Wildman–Crippen LogP) is 5.64. The fraction of sp³-hybridized carbons (Fsp3) is 0.667. The van der Waals surface area contributed by atoms with Crippen molar-refractivity contribution in [1.82, 2.24) is 0 Å². The van der Waals surface area contributed by atoms with Crippen molar-refractivity contribution in [2.75, 3.05) is 20.8 Å². The molecule has 0 saturated carbocycles. The molecule has 3 unspecified atom stereocenters. The molecule has 0 heterocycles. The first-order valence-corrected chi connectivity index (χ1v) is 11.4. The largest absolute Gasteiger partial charge is 0.496 e. The highest BCUT2D eigenvalue weighted by atomic mass is 31.0. The van der Waals surface area contributed by atoms with E-state index in [1.54, 1.807) is 18.2 Å². The SMILES string of the molecule is CCCCCOC(=O)C(CC(C)CC(C)(C)C)C(=O)c1c(OC)cccc1OC.O=[PH3]. The number of hydrogen-bond donors (Lipinski definition) is 0. The summed E-state index contributed by atoms with van der Waals surface area (Å²) in [5.41, 5.74) is 0.413. The summed E-state index contributed by atoms with van der Waals surface area (Å²) in [6, 6.07) is 5.17. The lowest BCUT2D eigenvalue weighted by atomic mass is 9.80. The number of unbranched alkanes of at least 4 members (excludes halogenated alkanes) is 2. The average Bonchev–Trinajstić information content (AvgIpc) is 2.73. The van der Waals surface area contributed by atoms with Crippen LogP contribution in [0.5, 0.6) is 11.5 Å². The second-order valence-corrected chi connectivity index (χ2v) is 8.93. The molecular formula is C24H41O6P. The molecule has 0 amide bonds. The van der Waals surface area contributed by atoms with E-state index >= 15 is 0 Å². The van der Waals surface area contributed by atoms with Gasteiger partial charge in [-0.25, -0.2) is 0 Å². The van der Waals surface area contributed by atoms with Crippen molar-refractivity contribution in [3.05, 3.63) is 23.8 Å². The van der Waals surface area contributed by atoms with Crippen LogP contribution in [0.4, 0.5) is 0 Å². The summed E-state index contributed by atoms with van der Waals surface area (Å²) in [4.78, 5) is 26.4. The Kier molecular flexibility index (Phi) is 14.2. The quantitative estimate of drug-likeness (QED) is 0.133. The summed E-state index contributed by atoms with van der Waals surface area (Å²) in [7, 11) is 3.62. The highest BCUT2D eigenvalue weighted by Gasteiger charge is 2.35. The maximum absolute atomic E-state index is 13.5. The van der Waals surface area contributed by atoms with E-state index in [9.17, 15) is 9.59 Å². The van der Waals surface area contributed by atoms with E-state index in [-0.39, 0.29) is 17.1 Å². The molecule has 7 heteroatoms. The molecule has 1 aromatic rings. The third kappa shape index (κ3) is 10.4. The van der Waals surface area contributed by atoms with Crippen LogP contribution >= 0.6 is 9.12 Å². The first-order valence-electron chi connectivity index (χ1n) is 10.8. The summed E-state index contributed by atoms with van der Waals surface area (Å²) < 4.78 is 24.5. The normalized spacial score (nSPS) is 12.9. The number of Topliss-reactive ketones (excluding diaryl/α,β-unsaturated/α-hetero) is 1. The number of carbonyl (C=O) groups is 2. The zero-order valence-electron chi connectivity index (χ0n) is 20.3. The highest BCUT2D eigenvalue weighted by molar-refractivity contribution is 7.00. The van der Waals surface area contributed by atoms with Gasteiger partial charge in [-0.3, -0.25) is 9.59 Å². The second kappa shape index (κ2) is 15.1. The molecule has 0 N–H and O–H groups in total. The highest BCUT2D eigenvalue weighted by Crippen LogP contribution is 2.34. The van der Waals surface area contributed by atoms with Gasteiger partial charge in [0.1, 0.15) is 23.0 Å². The first kappa shape index (κ1) is 29.2. The van der Waals surface area contributed by atoms with Crippen molar-refractivity contribution in [3.8, 4) is 11.5 Å². The Morgan fingerprint density at radius 1 is 1.03 bits per heavy atom. The number of ether oxygens (including phenoxy) is 3. The van der Waals surface area contributed by atoms with Gasteiger partial charge in [-0.1, -0.05) is 53.5 Å². The number of carbonyl (C=O) groups excluding carboxylic acids is 2. The average molecular weight is 457 g/mol. The number of hydrogen-bond acceptors (Lipinski definition) is 6. The molecule has 0 aliphatic heterocycles. The van der Waals surface area contributed by atoms with Crippen LogP contribution in [-0.2, 0) is 14.1 Å². The van der Waals surface area contributed by atoms with Crippen LogP contribution in [0.3, 0.4) is 0 Å². The molecule has 6 nitrogen and oxygen atoms in total. The molecule has 0 fully saturated rings. The second-order valence-electron chi connectivity index (χ2n) is 8.93. The fourth-order valence-corrected chi connectivity index (χ4v) is 3.74. The lowest BCUT2D eigenvalue weighted by Crippen LogP contribution is -2.30. The van der Waals surface area contributed by atoms with Crippen LogP contribution in [0.25, 0.3) is 0 Å². The van der Waals surface area contributed by atoms with Gasteiger partial charge in [-0.15, -0.1) is 0 Å². The molecule has 0 spiro atoms. The van der Waals surface area contributed by atoms with E-state index < -0.39 is 11.9 Å². The van der Waals surface area contributed by atoms with Gasteiger partial charge >= 0.3 is 5.97 Å². The zero-order chi connectivity index (χ0) is 24.0. The standard InChI is InChI=1S/C24H38O5.H3OP/c1-8-9-10-14-29-23(26)18(15-17(2)16-24(3,4)5)22(25)21-19(27-6)12-11-13-20(21)28-7;1-2/h11-13,17-18H,8-10,14-16H2,1-7H3;2H3. The molecule has 178 valence electrons. The van der Waals surface area contributed by atoms with E-state index in [2.05, 4.69) is 34.6 Å². The summed E-state index contributed by atoms with van der Waals surface area (Å²) in [5.74, 6) is -0.643. The van der Waals surface area contributed by atoms with Crippen LogP contribution in [-0.4, -0.2) is 32.6 Å². The van der Waals surface area contributed by atoms with E-state index in [0.717, 1.165) is 25.7 Å². The Balaban J connectivity index is 0.00000436. The van der Waals surface area contributed by atoms with E-state index in [0.29, 0.717) is 39.2 Å². The van der Waals surface area contributed by atoms with Crippen LogP contribution in [0.1, 0.15) is 77.1 Å². The van der Waals surface area contributed by atoms with Crippen molar-refractivity contribution in [1.29, 1.82) is 0 Å². The van der Waals surface area contributed by atoms with Gasteiger partial charge in [0.2, 0.25) is 0 Å². The topological polar surface area (TPSA) is 78.9 Å². The van der Waals surface area contributed by atoms with Crippen molar-refractivity contribution in [2.24, 2.45) is 17.3 Å². The number of esters is 1. The smallest absolute Gasteiger partial charge is 0.316 e. The van der Waals surface area contributed by atoms with Crippen LogP contribution in [0, 0.1) is 17.3 Å². The first-order chi connectivity index (χ1) is 14.6. The lowest BCUT2D eigenvalue weighted by Gasteiger charge is -2.26. The van der Waals surface area contributed by atoms with E-state index in [1.165, 1.54) is 14.2 Å². The maximum Gasteiger partial charge on any atom is 0.316 e. The Labute approximate surface area is 189 Å². The summed E-state index contributed by atoms with van der Waals surface area (Å²) in [5, 5.41) is 0. The van der Waals surface area contributed by atoms with Crippen molar-refractivity contribution >= 4 is 20.9 Å². The van der Waals surface area contributed by atoms with Gasteiger partial charge in [0.15, 0.2) is 5.78 Å². The van der Waals surface area contributed by atoms with Crippen molar-refractivity contribution < 1.29 is 28.4 Å². The molecule has 31 heavy (non-hydrogen) atoms. The minimum absolute atomic E-state index is 0.111. The van der Waals surface area contributed by atoms with Gasteiger partial charge in [0.05, 0.1) is 29.9 Å². The molecule has 0 bridgehead atoms. The third-order valence-corrected chi connectivity index (χ3v) is 4.87. The Bertz CT molecular complexity index is 661. The molecular weight excluding hydrogens is 415 g/mol. The molecule has 0 aliphatic rings.